The zero-order chi connectivity index (χ0) is 30.0. The molecule has 3 aliphatic rings. The van der Waals surface area contributed by atoms with Gasteiger partial charge >= 0.3 is 6.03 Å². The van der Waals surface area contributed by atoms with Crippen molar-refractivity contribution < 1.29 is 9.53 Å². The number of amidine groups is 2. The number of carbonyl (C=O) groups is 1. The second kappa shape index (κ2) is 11.8. The van der Waals surface area contributed by atoms with Crippen molar-refractivity contribution in [2.75, 3.05) is 35.2 Å². The van der Waals surface area contributed by atoms with E-state index in [-0.39, 0.29) is 23.7 Å². The smallest absolute Gasteiger partial charge is 0.319 e. The van der Waals surface area contributed by atoms with Gasteiger partial charge in [0.25, 0.3) is 0 Å². The number of hydrogen-bond acceptors (Lipinski definition) is 7. The molecule has 0 aliphatic carbocycles. The zero-order valence-electron chi connectivity index (χ0n) is 24.3. The molecule has 1 fully saturated rings. The molecule has 0 bridgehead atoms. The van der Waals surface area contributed by atoms with Crippen molar-refractivity contribution in [1.82, 2.24) is 15.2 Å². The second-order valence-electron chi connectivity index (χ2n) is 11.3. The highest BCUT2D eigenvalue weighted by molar-refractivity contribution is 6.30. The number of aromatic nitrogens is 1. The summed E-state index contributed by atoms with van der Waals surface area (Å²) in [5.41, 5.74) is 5.96. The van der Waals surface area contributed by atoms with E-state index >= 15 is 0 Å². The maximum absolute atomic E-state index is 12.6. The molecular formula is C34H34N8O2. The van der Waals surface area contributed by atoms with Crippen LogP contribution >= 0.6 is 0 Å². The summed E-state index contributed by atoms with van der Waals surface area (Å²) >= 11 is 0. The summed E-state index contributed by atoms with van der Waals surface area (Å²) in [4.78, 5) is 21.1. The van der Waals surface area contributed by atoms with Crippen LogP contribution in [0, 0.1) is 10.8 Å². The number of nitrogens with zero attached hydrogens (tertiary/aromatic N) is 3. The number of rotatable bonds is 5. The van der Waals surface area contributed by atoms with E-state index in [1.165, 1.54) is 0 Å². The van der Waals surface area contributed by atoms with E-state index in [9.17, 15) is 4.79 Å². The molecule has 0 spiro atoms. The van der Waals surface area contributed by atoms with Crippen LogP contribution in [0.15, 0.2) is 85.1 Å². The number of nitrogens with one attached hydrogen (secondary N) is 5. The van der Waals surface area contributed by atoms with Crippen LogP contribution in [-0.2, 0) is 13.0 Å². The first kappa shape index (κ1) is 27.6. The molecule has 222 valence electrons. The lowest BCUT2D eigenvalue weighted by atomic mass is 10.0. The predicted octanol–water partition coefficient (Wildman–Crippen LogP) is 5.72. The van der Waals surface area contributed by atoms with E-state index < -0.39 is 0 Å². The molecule has 0 atom stereocenters. The van der Waals surface area contributed by atoms with E-state index in [2.05, 4.69) is 38.0 Å². The molecule has 44 heavy (non-hydrogen) atoms. The first-order valence-electron chi connectivity index (χ1n) is 15.0. The fraction of sp³-hybridized carbons (Fsp3) is 0.235. The number of fused-ring (bicyclic) bond motifs is 3. The van der Waals surface area contributed by atoms with Crippen molar-refractivity contribution in [3.63, 3.8) is 0 Å². The van der Waals surface area contributed by atoms with E-state index in [0.29, 0.717) is 23.7 Å². The van der Waals surface area contributed by atoms with Crippen LogP contribution in [0.2, 0.25) is 0 Å². The lowest BCUT2D eigenvalue weighted by Gasteiger charge is -2.32. The fourth-order valence-corrected chi connectivity index (χ4v) is 6.08. The largest absolute Gasteiger partial charge is 0.493 e. The number of amides is 2. The molecule has 2 amide bonds. The summed E-state index contributed by atoms with van der Waals surface area (Å²) in [6, 6.07) is 25.1. The van der Waals surface area contributed by atoms with Crippen LogP contribution in [-0.4, -0.2) is 53.3 Å². The molecule has 3 aliphatic heterocycles. The SMILES string of the molecule is N=C(c1ccc(CN2CCC(NC(=O)Nc3ccc4c(c3)CCO4)CC2)cc1)N1C(=N)c2ccccc2Nc2ncccc21. The number of ether oxygens (including phenoxy) is 1. The van der Waals surface area contributed by atoms with Gasteiger partial charge in [0.1, 0.15) is 17.4 Å². The normalized spacial score (nSPS) is 16.1. The van der Waals surface area contributed by atoms with Crippen LogP contribution in [0.5, 0.6) is 5.75 Å². The number of carbonyl (C=O) groups excluding carboxylic acids is 1. The van der Waals surface area contributed by atoms with E-state index in [4.69, 9.17) is 15.6 Å². The van der Waals surface area contributed by atoms with Crippen molar-refractivity contribution in [3.8, 4) is 5.75 Å². The van der Waals surface area contributed by atoms with Crippen LogP contribution < -0.4 is 25.6 Å². The van der Waals surface area contributed by atoms with E-state index in [1.807, 2.05) is 66.7 Å². The number of hydrogen-bond donors (Lipinski definition) is 5. The van der Waals surface area contributed by atoms with Gasteiger partial charge in [-0.1, -0.05) is 36.4 Å². The Morgan fingerprint density at radius 2 is 1.84 bits per heavy atom. The third-order valence-electron chi connectivity index (χ3n) is 8.41. The van der Waals surface area contributed by atoms with Crippen molar-refractivity contribution in [1.29, 1.82) is 10.8 Å². The highest BCUT2D eigenvalue weighted by atomic mass is 16.5. The Hall–Kier alpha value is -5.22. The maximum atomic E-state index is 12.6. The summed E-state index contributed by atoms with van der Waals surface area (Å²) in [5, 5.41) is 27.5. The van der Waals surface area contributed by atoms with Gasteiger partial charge in [-0.15, -0.1) is 0 Å². The predicted molar refractivity (Wildman–Crippen MR) is 173 cm³/mol. The van der Waals surface area contributed by atoms with Crippen molar-refractivity contribution in [2.24, 2.45) is 0 Å². The molecule has 1 saturated heterocycles. The molecule has 7 rings (SSSR count). The van der Waals surface area contributed by atoms with E-state index in [1.54, 1.807) is 11.1 Å². The van der Waals surface area contributed by atoms with Gasteiger partial charge in [0, 0.05) is 55.1 Å². The molecule has 5 N–H and O–H groups in total. The Bertz CT molecular complexity index is 1730. The topological polar surface area (TPSA) is 129 Å². The molecule has 1 aromatic heterocycles. The quantitative estimate of drug-likeness (QED) is 0.150. The fourth-order valence-electron chi connectivity index (χ4n) is 6.08. The Kier molecular flexibility index (Phi) is 7.41. The molecule has 10 nitrogen and oxygen atoms in total. The Balaban J connectivity index is 0.952. The summed E-state index contributed by atoms with van der Waals surface area (Å²) in [5.74, 6) is 1.95. The van der Waals surface area contributed by atoms with Crippen molar-refractivity contribution >= 4 is 40.6 Å². The molecule has 0 radical (unpaired) electrons. The molecule has 0 unspecified atom stereocenters. The summed E-state index contributed by atoms with van der Waals surface area (Å²) in [6.07, 6.45) is 4.35. The summed E-state index contributed by atoms with van der Waals surface area (Å²) < 4.78 is 5.55. The van der Waals surface area contributed by atoms with Crippen molar-refractivity contribution in [3.05, 3.63) is 107 Å². The van der Waals surface area contributed by atoms with Gasteiger partial charge in [-0.05, 0) is 66.4 Å². The van der Waals surface area contributed by atoms with Gasteiger partial charge in [0.05, 0.1) is 18.0 Å². The third-order valence-corrected chi connectivity index (χ3v) is 8.41. The average molecular weight is 587 g/mol. The van der Waals surface area contributed by atoms with Gasteiger partial charge in [-0.2, -0.15) is 0 Å². The summed E-state index contributed by atoms with van der Waals surface area (Å²) in [6.45, 7) is 3.27. The number of para-hydroxylation sites is 1. The Morgan fingerprint density at radius 1 is 1.02 bits per heavy atom. The summed E-state index contributed by atoms with van der Waals surface area (Å²) in [7, 11) is 0. The maximum Gasteiger partial charge on any atom is 0.319 e. The minimum Gasteiger partial charge on any atom is -0.493 e. The lowest BCUT2D eigenvalue weighted by Crippen LogP contribution is -2.45. The Morgan fingerprint density at radius 3 is 2.68 bits per heavy atom. The molecular weight excluding hydrogens is 552 g/mol. The highest BCUT2D eigenvalue weighted by Crippen LogP contribution is 2.35. The van der Waals surface area contributed by atoms with E-state index in [0.717, 1.165) is 72.7 Å². The first-order valence-corrected chi connectivity index (χ1v) is 15.0. The van der Waals surface area contributed by atoms with Crippen molar-refractivity contribution in [2.45, 2.75) is 31.8 Å². The van der Waals surface area contributed by atoms with Gasteiger partial charge < -0.3 is 20.7 Å². The Labute approximate surface area is 256 Å². The average Bonchev–Trinajstić information content (AvgIpc) is 3.47. The van der Waals surface area contributed by atoms with Crippen LogP contribution in [0.25, 0.3) is 0 Å². The molecule has 3 aromatic carbocycles. The molecule has 0 saturated carbocycles. The minimum atomic E-state index is -0.171. The van der Waals surface area contributed by atoms with Gasteiger partial charge in [-0.25, -0.2) is 9.78 Å². The minimum absolute atomic E-state index is 0.132. The monoisotopic (exact) mass is 586 g/mol. The van der Waals surface area contributed by atoms with Crippen LogP contribution in [0.4, 0.5) is 27.7 Å². The highest BCUT2D eigenvalue weighted by Gasteiger charge is 2.28. The molecule has 10 heteroatoms. The number of benzene rings is 3. The van der Waals surface area contributed by atoms with Crippen LogP contribution in [0.3, 0.4) is 0 Å². The number of anilines is 4. The third kappa shape index (κ3) is 5.59. The molecule has 4 heterocycles. The second-order valence-corrected chi connectivity index (χ2v) is 11.3. The first-order chi connectivity index (χ1) is 21.5. The number of likely N-dealkylation sites (tertiary alicyclic amines) is 1. The number of urea groups is 1. The van der Waals surface area contributed by atoms with Gasteiger partial charge in [0.2, 0.25) is 0 Å². The number of piperidine rings is 1. The molecule has 4 aromatic rings. The van der Waals surface area contributed by atoms with Crippen LogP contribution in [0.1, 0.15) is 35.1 Å². The lowest BCUT2D eigenvalue weighted by molar-refractivity contribution is 0.190. The standard InChI is InChI=1S/C34H34N8O2/c35-31(42-29-6-3-16-37-33(29)40-28-5-2-1-4-27(28)32(42)36)23-9-7-22(8-10-23)21-41-17-13-25(14-18-41)38-34(43)39-26-11-12-30-24(20-26)15-19-44-30/h1-12,16,20,25,35-36H,13-15,17-19,21H2,(H,37,40)(H2,38,39,43). The number of pyridine rings is 1. The zero-order valence-corrected chi connectivity index (χ0v) is 24.3. The van der Waals surface area contributed by atoms with Gasteiger partial charge in [0.15, 0.2) is 5.82 Å². The van der Waals surface area contributed by atoms with Gasteiger partial charge in [-0.3, -0.25) is 20.6 Å².